The van der Waals surface area contributed by atoms with Crippen LogP contribution in [0.2, 0.25) is 0 Å². The first-order valence-corrected chi connectivity index (χ1v) is 7.88. The van der Waals surface area contributed by atoms with Crippen LogP contribution in [0.4, 0.5) is 0 Å². The molecule has 0 fully saturated rings. The SMILES string of the molecule is CCC/C=C/[C@@](C)(SC(C)=O)C(=O)OCc1ccccc1. The van der Waals surface area contributed by atoms with Gasteiger partial charge in [0.05, 0.1) is 0 Å². The highest BCUT2D eigenvalue weighted by molar-refractivity contribution is 8.15. The van der Waals surface area contributed by atoms with Crippen LogP contribution in [0, 0.1) is 0 Å². The fourth-order valence-corrected chi connectivity index (χ4v) is 2.69. The van der Waals surface area contributed by atoms with Crippen molar-refractivity contribution in [3.8, 4) is 0 Å². The molecule has 21 heavy (non-hydrogen) atoms. The Bertz CT molecular complexity index is 496. The molecule has 114 valence electrons. The van der Waals surface area contributed by atoms with E-state index in [9.17, 15) is 9.59 Å². The van der Waals surface area contributed by atoms with Crippen molar-refractivity contribution in [1.29, 1.82) is 0 Å². The van der Waals surface area contributed by atoms with E-state index in [4.69, 9.17) is 4.74 Å². The third kappa shape index (κ3) is 6.17. The maximum absolute atomic E-state index is 12.3. The van der Waals surface area contributed by atoms with E-state index in [1.165, 1.54) is 6.92 Å². The predicted molar refractivity (Wildman–Crippen MR) is 87.0 cm³/mol. The lowest BCUT2D eigenvalue weighted by Crippen LogP contribution is -2.32. The standard InChI is InChI=1S/C17H22O3S/c1-4-5-9-12-17(3,21-14(2)18)16(19)20-13-15-10-7-6-8-11-15/h6-12H,4-5,13H2,1-3H3/b12-9+/t17-/m1/s1. The molecule has 0 radical (unpaired) electrons. The van der Waals surface area contributed by atoms with E-state index in [0.29, 0.717) is 0 Å². The number of hydrogen-bond acceptors (Lipinski definition) is 4. The number of unbranched alkanes of at least 4 members (excludes halogenated alkanes) is 1. The molecule has 0 bridgehead atoms. The normalized spacial score (nSPS) is 13.9. The van der Waals surface area contributed by atoms with Gasteiger partial charge >= 0.3 is 5.97 Å². The lowest BCUT2D eigenvalue weighted by Gasteiger charge is -2.22. The molecule has 0 unspecified atom stereocenters. The zero-order valence-electron chi connectivity index (χ0n) is 12.8. The summed E-state index contributed by atoms with van der Waals surface area (Å²) in [5.41, 5.74) is 0.929. The van der Waals surface area contributed by atoms with Gasteiger partial charge in [0.15, 0.2) is 5.12 Å². The van der Waals surface area contributed by atoms with E-state index in [1.807, 2.05) is 36.4 Å². The summed E-state index contributed by atoms with van der Waals surface area (Å²) in [5.74, 6) is -0.390. The predicted octanol–water partition coefficient (Wildman–Crippen LogP) is 4.12. The first-order valence-electron chi connectivity index (χ1n) is 7.06. The lowest BCUT2D eigenvalue weighted by atomic mass is 10.1. The average Bonchev–Trinajstić information content (AvgIpc) is 2.45. The minimum absolute atomic E-state index is 0.102. The maximum atomic E-state index is 12.3. The summed E-state index contributed by atoms with van der Waals surface area (Å²) in [4.78, 5) is 23.7. The summed E-state index contributed by atoms with van der Waals surface area (Å²) >= 11 is 0.995. The minimum atomic E-state index is -0.963. The molecule has 0 heterocycles. The molecule has 4 heteroatoms. The van der Waals surface area contributed by atoms with Crippen LogP contribution in [-0.4, -0.2) is 15.8 Å². The molecule has 0 amide bonds. The Morgan fingerprint density at radius 2 is 1.95 bits per heavy atom. The molecule has 0 saturated heterocycles. The molecule has 0 aliphatic heterocycles. The van der Waals surface area contributed by atoms with Crippen LogP contribution in [0.1, 0.15) is 39.2 Å². The van der Waals surface area contributed by atoms with Crippen molar-refractivity contribution in [3.05, 3.63) is 48.0 Å². The van der Waals surface area contributed by atoms with E-state index < -0.39 is 4.75 Å². The Morgan fingerprint density at radius 1 is 1.29 bits per heavy atom. The Kier molecular flexibility index (Phi) is 7.23. The van der Waals surface area contributed by atoms with Crippen LogP contribution in [-0.2, 0) is 20.9 Å². The second-order valence-electron chi connectivity index (χ2n) is 4.95. The second-order valence-corrected chi connectivity index (χ2v) is 6.58. The summed E-state index contributed by atoms with van der Waals surface area (Å²) in [7, 11) is 0. The van der Waals surface area contributed by atoms with Crippen molar-refractivity contribution < 1.29 is 14.3 Å². The molecule has 1 rings (SSSR count). The van der Waals surface area contributed by atoms with Crippen molar-refractivity contribution >= 4 is 22.8 Å². The van der Waals surface area contributed by atoms with Gasteiger partial charge in [-0.2, -0.15) is 0 Å². The highest BCUT2D eigenvalue weighted by Crippen LogP contribution is 2.29. The van der Waals surface area contributed by atoms with E-state index in [0.717, 1.165) is 30.2 Å². The van der Waals surface area contributed by atoms with Gasteiger partial charge in [0.2, 0.25) is 0 Å². The van der Waals surface area contributed by atoms with Gasteiger partial charge in [0.1, 0.15) is 11.4 Å². The van der Waals surface area contributed by atoms with Crippen LogP contribution < -0.4 is 0 Å². The third-order valence-electron chi connectivity index (χ3n) is 2.87. The van der Waals surface area contributed by atoms with E-state index in [-0.39, 0.29) is 17.7 Å². The van der Waals surface area contributed by atoms with Gasteiger partial charge in [0, 0.05) is 6.92 Å². The Morgan fingerprint density at radius 3 is 2.52 bits per heavy atom. The zero-order valence-corrected chi connectivity index (χ0v) is 13.6. The first-order chi connectivity index (χ1) is 9.98. The molecule has 0 aliphatic rings. The molecule has 0 aliphatic carbocycles. The third-order valence-corrected chi connectivity index (χ3v) is 3.88. The van der Waals surface area contributed by atoms with E-state index >= 15 is 0 Å². The molecule has 1 atom stereocenters. The van der Waals surface area contributed by atoms with Crippen LogP contribution in [0.25, 0.3) is 0 Å². The van der Waals surface area contributed by atoms with Gasteiger partial charge in [-0.25, -0.2) is 0 Å². The molecule has 0 aromatic heterocycles. The Labute approximate surface area is 130 Å². The highest BCUT2D eigenvalue weighted by atomic mass is 32.2. The summed E-state index contributed by atoms with van der Waals surface area (Å²) < 4.78 is 4.40. The van der Waals surface area contributed by atoms with Gasteiger partial charge < -0.3 is 4.74 Å². The molecule has 0 spiro atoms. The number of carbonyl (C=O) groups excluding carboxylic acids is 2. The Balaban J connectivity index is 2.72. The smallest absolute Gasteiger partial charge is 0.326 e. The number of allylic oxidation sites excluding steroid dienone is 1. The molecule has 0 saturated carbocycles. The molecular weight excluding hydrogens is 284 g/mol. The van der Waals surface area contributed by atoms with Gasteiger partial charge in [-0.15, -0.1) is 0 Å². The fourth-order valence-electron chi connectivity index (χ4n) is 1.78. The summed E-state index contributed by atoms with van der Waals surface area (Å²) in [6.07, 6.45) is 5.58. The number of hydrogen-bond donors (Lipinski definition) is 0. The first kappa shape index (κ1) is 17.5. The quantitative estimate of drug-likeness (QED) is 0.561. The van der Waals surface area contributed by atoms with Crippen molar-refractivity contribution in [2.45, 2.75) is 45.0 Å². The number of esters is 1. The van der Waals surface area contributed by atoms with Gasteiger partial charge in [-0.05, 0) is 18.9 Å². The molecular formula is C17H22O3S. The Hall–Kier alpha value is -1.55. The topological polar surface area (TPSA) is 43.4 Å². The average molecular weight is 306 g/mol. The lowest BCUT2D eigenvalue weighted by molar-refractivity contribution is -0.146. The number of rotatable bonds is 7. The summed E-state index contributed by atoms with van der Waals surface area (Å²) in [5, 5.41) is -0.102. The molecule has 0 N–H and O–H groups in total. The van der Waals surface area contributed by atoms with Crippen LogP contribution >= 0.6 is 11.8 Å². The summed E-state index contributed by atoms with van der Waals surface area (Å²) in [6.45, 7) is 5.46. The monoisotopic (exact) mass is 306 g/mol. The number of thioether (sulfide) groups is 1. The van der Waals surface area contributed by atoms with Gasteiger partial charge in [-0.1, -0.05) is 67.6 Å². The second kappa shape index (κ2) is 8.67. The molecule has 3 nitrogen and oxygen atoms in total. The van der Waals surface area contributed by atoms with Gasteiger partial charge in [-0.3, -0.25) is 9.59 Å². The van der Waals surface area contributed by atoms with Crippen molar-refractivity contribution in [3.63, 3.8) is 0 Å². The van der Waals surface area contributed by atoms with E-state index in [1.54, 1.807) is 13.0 Å². The van der Waals surface area contributed by atoms with Crippen LogP contribution in [0.5, 0.6) is 0 Å². The van der Waals surface area contributed by atoms with Crippen LogP contribution in [0.3, 0.4) is 0 Å². The number of benzene rings is 1. The fraction of sp³-hybridized carbons (Fsp3) is 0.412. The molecule has 1 aromatic carbocycles. The number of ether oxygens (including phenoxy) is 1. The molecule has 1 aromatic rings. The highest BCUT2D eigenvalue weighted by Gasteiger charge is 2.34. The van der Waals surface area contributed by atoms with E-state index in [2.05, 4.69) is 6.92 Å². The van der Waals surface area contributed by atoms with Crippen molar-refractivity contribution in [2.24, 2.45) is 0 Å². The maximum Gasteiger partial charge on any atom is 0.326 e. The van der Waals surface area contributed by atoms with Crippen molar-refractivity contribution in [1.82, 2.24) is 0 Å². The van der Waals surface area contributed by atoms with Gasteiger partial charge in [0.25, 0.3) is 0 Å². The number of carbonyl (C=O) groups is 2. The minimum Gasteiger partial charge on any atom is -0.460 e. The largest absolute Gasteiger partial charge is 0.460 e. The van der Waals surface area contributed by atoms with Crippen LogP contribution in [0.15, 0.2) is 42.5 Å². The van der Waals surface area contributed by atoms with Crippen molar-refractivity contribution in [2.75, 3.05) is 0 Å². The summed E-state index contributed by atoms with van der Waals surface area (Å²) in [6, 6.07) is 9.50. The zero-order chi connectivity index (χ0) is 15.7.